The van der Waals surface area contributed by atoms with E-state index in [9.17, 15) is 14.4 Å². The van der Waals surface area contributed by atoms with Crippen LogP contribution in [0.5, 0.6) is 0 Å². The number of benzene rings is 1. The molecule has 3 amide bonds. The van der Waals surface area contributed by atoms with Crippen molar-refractivity contribution in [2.45, 2.75) is 26.3 Å². The van der Waals surface area contributed by atoms with Crippen molar-refractivity contribution in [2.24, 2.45) is 0 Å². The Bertz CT molecular complexity index is 919. The molecule has 1 aliphatic heterocycles. The van der Waals surface area contributed by atoms with Crippen LogP contribution in [-0.4, -0.2) is 71.3 Å². The molecule has 0 spiro atoms. The van der Waals surface area contributed by atoms with E-state index in [0.29, 0.717) is 18.2 Å². The number of aryl methyl sites for hydroxylation is 1. The van der Waals surface area contributed by atoms with E-state index in [-0.39, 0.29) is 36.3 Å². The second-order valence-electron chi connectivity index (χ2n) is 7.58. The Balaban J connectivity index is 1.46. The monoisotopic (exact) mass is 403 g/mol. The van der Waals surface area contributed by atoms with Gasteiger partial charge in [0.15, 0.2) is 5.13 Å². The van der Waals surface area contributed by atoms with Gasteiger partial charge in [0.25, 0.3) is 0 Å². The van der Waals surface area contributed by atoms with Crippen molar-refractivity contribution in [1.29, 1.82) is 0 Å². The van der Waals surface area contributed by atoms with E-state index >= 15 is 0 Å². The van der Waals surface area contributed by atoms with Gasteiger partial charge < -0.3 is 15.1 Å². The van der Waals surface area contributed by atoms with Gasteiger partial charge in [-0.3, -0.25) is 19.7 Å². The zero-order valence-corrected chi connectivity index (χ0v) is 17.4. The zero-order chi connectivity index (χ0) is 20.5. The van der Waals surface area contributed by atoms with Crippen molar-refractivity contribution >= 4 is 44.4 Å². The molecule has 0 radical (unpaired) electrons. The predicted molar refractivity (Wildman–Crippen MR) is 109 cm³/mol. The first kappa shape index (κ1) is 20.2. The molecule has 2 N–H and O–H groups in total. The van der Waals surface area contributed by atoms with Gasteiger partial charge >= 0.3 is 0 Å². The summed E-state index contributed by atoms with van der Waals surface area (Å²) < 4.78 is 1.01. The number of thiazole rings is 1. The number of aromatic nitrogens is 1. The average Bonchev–Trinajstić information content (AvgIpc) is 2.97. The third-order valence-corrected chi connectivity index (χ3v) is 5.72. The van der Waals surface area contributed by atoms with Crippen LogP contribution in [0.25, 0.3) is 10.2 Å². The molecule has 1 fully saturated rings. The number of anilines is 1. The number of amides is 3. The molecule has 28 heavy (non-hydrogen) atoms. The van der Waals surface area contributed by atoms with Crippen LogP contribution in [0.3, 0.4) is 0 Å². The first-order valence-electron chi connectivity index (χ1n) is 9.07. The molecule has 1 aliphatic rings. The number of hydrogen-bond acceptors (Lipinski definition) is 6. The van der Waals surface area contributed by atoms with Gasteiger partial charge in [-0.15, -0.1) is 0 Å². The third kappa shape index (κ3) is 4.66. The molecule has 1 saturated heterocycles. The van der Waals surface area contributed by atoms with E-state index in [4.69, 9.17) is 0 Å². The van der Waals surface area contributed by atoms with Gasteiger partial charge in [-0.2, -0.15) is 0 Å². The summed E-state index contributed by atoms with van der Waals surface area (Å²) in [5.74, 6) is -0.439. The van der Waals surface area contributed by atoms with Gasteiger partial charge in [-0.05, 0) is 31.5 Å². The summed E-state index contributed by atoms with van der Waals surface area (Å²) >= 11 is 1.41. The molecule has 0 saturated carbocycles. The fraction of sp³-hybridized carbons (Fsp3) is 0.474. The maximum atomic E-state index is 12.3. The highest BCUT2D eigenvalue weighted by Crippen LogP contribution is 2.26. The molecule has 1 aromatic heterocycles. The number of carbonyl (C=O) groups excluding carboxylic acids is 3. The number of rotatable bonds is 6. The van der Waals surface area contributed by atoms with Gasteiger partial charge in [0.2, 0.25) is 17.7 Å². The van der Waals surface area contributed by atoms with Crippen LogP contribution in [0.4, 0.5) is 5.13 Å². The van der Waals surface area contributed by atoms with E-state index in [1.165, 1.54) is 23.2 Å². The topological polar surface area (TPSA) is 94.6 Å². The summed E-state index contributed by atoms with van der Waals surface area (Å²) in [7, 11) is 1.59. The number of nitrogens with one attached hydrogen (secondary N) is 2. The zero-order valence-electron chi connectivity index (χ0n) is 16.5. The minimum Gasteiger partial charge on any atom is -0.339 e. The number of carbonyl (C=O) groups is 3. The van der Waals surface area contributed by atoms with Crippen molar-refractivity contribution in [3.8, 4) is 0 Å². The Morgan fingerprint density at radius 1 is 1.32 bits per heavy atom. The quantitative estimate of drug-likeness (QED) is 0.756. The van der Waals surface area contributed by atoms with Gasteiger partial charge in [0.05, 0.1) is 28.8 Å². The Morgan fingerprint density at radius 2 is 2.04 bits per heavy atom. The van der Waals surface area contributed by atoms with Crippen LogP contribution in [0, 0.1) is 6.92 Å². The van der Waals surface area contributed by atoms with Gasteiger partial charge in [0, 0.05) is 27.1 Å². The number of nitrogens with zero attached hydrogens (tertiary/aromatic N) is 3. The summed E-state index contributed by atoms with van der Waals surface area (Å²) in [6.45, 7) is 6.74. The van der Waals surface area contributed by atoms with Gasteiger partial charge in [0.1, 0.15) is 0 Å². The van der Waals surface area contributed by atoms with Crippen LogP contribution >= 0.6 is 11.3 Å². The summed E-state index contributed by atoms with van der Waals surface area (Å²) in [5, 5.41) is 6.46. The standard InChI is InChI=1S/C19H25N5O3S/c1-12-5-6-14-15(7-12)28-18(21-14)22-16(26)9-23(4)17(27)8-20-19(3)10-24(11-19)13(2)25/h5-7,20H,8-11H2,1-4H3,(H,21,22,26). The number of fused-ring (bicyclic) bond motifs is 1. The Kier molecular flexibility index (Phi) is 5.66. The van der Waals surface area contributed by atoms with E-state index in [2.05, 4.69) is 15.6 Å². The molecule has 2 aromatic rings. The lowest BCUT2D eigenvalue weighted by molar-refractivity contribution is -0.138. The number of likely N-dealkylation sites (N-methyl/N-ethyl adjacent to an activating group) is 1. The molecule has 0 aliphatic carbocycles. The first-order valence-corrected chi connectivity index (χ1v) is 9.88. The van der Waals surface area contributed by atoms with Crippen LogP contribution in [0.15, 0.2) is 18.2 Å². The van der Waals surface area contributed by atoms with E-state index in [0.717, 1.165) is 15.8 Å². The normalized spacial score (nSPS) is 15.2. The molecular weight excluding hydrogens is 378 g/mol. The lowest BCUT2D eigenvalue weighted by Gasteiger charge is -2.48. The lowest BCUT2D eigenvalue weighted by atomic mass is 9.92. The van der Waals surface area contributed by atoms with Crippen LogP contribution < -0.4 is 10.6 Å². The molecule has 3 rings (SSSR count). The summed E-state index contributed by atoms with van der Waals surface area (Å²) in [6, 6.07) is 5.93. The second kappa shape index (κ2) is 7.84. The summed E-state index contributed by atoms with van der Waals surface area (Å²) in [6.07, 6.45) is 0. The minimum absolute atomic E-state index is 0.0319. The molecule has 1 aromatic carbocycles. The van der Waals surface area contributed by atoms with Crippen molar-refractivity contribution in [3.05, 3.63) is 23.8 Å². The molecule has 0 bridgehead atoms. The summed E-state index contributed by atoms with van der Waals surface area (Å²) in [5.41, 5.74) is 1.72. The van der Waals surface area contributed by atoms with Crippen LogP contribution in [-0.2, 0) is 14.4 Å². The highest BCUT2D eigenvalue weighted by Gasteiger charge is 2.40. The maximum absolute atomic E-state index is 12.3. The van der Waals surface area contributed by atoms with E-state index in [1.807, 2.05) is 32.0 Å². The molecular formula is C19H25N5O3S. The van der Waals surface area contributed by atoms with Crippen LogP contribution in [0.2, 0.25) is 0 Å². The Morgan fingerprint density at radius 3 is 2.71 bits per heavy atom. The average molecular weight is 404 g/mol. The van der Waals surface area contributed by atoms with Crippen molar-refractivity contribution in [1.82, 2.24) is 20.1 Å². The predicted octanol–water partition coefficient (Wildman–Crippen LogP) is 1.21. The molecule has 2 heterocycles. The van der Waals surface area contributed by atoms with Crippen molar-refractivity contribution in [2.75, 3.05) is 38.5 Å². The maximum Gasteiger partial charge on any atom is 0.245 e. The van der Waals surface area contributed by atoms with Crippen molar-refractivity contribution in [3.63, 3.8) is 0 Å². The smallest absolute Gasteiger partial charge is 0.245 e. The van der Waals surface area contributed by atoms with Gasteiger partial charge in [-0.25, -0.2) is 4.98 Å². The Hall–Kier alpha value is -2.52. The Labute approximate surface area is 167 Å². The van der Waals surface area contributed by atoms with Gasteiger partial charge in [-0.1, -0.05) is 17.4 Å². The number of likely N-dealkylation sites (tertiary alicyclic amines) is 1. The fourth-order valence-electron chi connectivity index (χ4n) is 3.10. The second-order valence-corrected chi connectivity index (χ2v) is 8.61. The third-order valence-electron chi connectivity index (χ3n) is 4.79. The lowest BCUT2D eigenvalue weighted by Crippen LogP contribution is -2.69. The SMILES string of the molecule is CC(=O)N1CC(C)(NCC(=O)N(C)CC(=O)Nc2nc3ccc(C)cc3s2)C1. The van der Waals surface area contributed by atoms with Crippen LogP contribution in [0.1, 0.15) is 19.4 Å². The molecule has 0 atom stereocenters. The molecule has 0 unspecified atom stereocenters. The summed E-state index contributed by atoms with van der Waals surface area (Å²) in [4.78, 5) is 43.3. The van der Waals surface area contributed by atoms with E-state index in [1.54, 1.807) is 11.9 Å². The number of hydrogen-bond donors (Lipinski definition) is 2. The first-order chi connectivity index (χ1) is 13.1. The largest absolute Gasteiger partial charge is 0.339 e. The molecule has 8 nitrogen and oxygen atoms in total. The molecule has 150 valence electrons. The van der Waals surface area contributed by atoms with E-state index < -0.39 is 0 Å². The highest BCUT2D eigenvalue weighted by molar-refractivity contribution is 7.22. The molecule has 9 heteroatoms. The van der Waals surface area contributed by atoms with Crippen molar-refractivity contribution < 1.29 is 14.4 Å². The highest BCUT2D eigenvalue weighted by atomic mass is 32.1. The fourth-order valence-corrected chi connectivity index (χ4v) is 4.08. The minimum atomic E-state index is -0.288.